The Kier molecular flexibility index (Phi) is 8.43. The first-order chi connectivity index (χ1) is 17.8. The number of carbonyl (C=O) groups is 1. The highest BCUT2D eigenvalue weighted by atomic mass is 19.1. The van der Waals surface area contributed by atoms with Crippen LogP contribution in [-0.2, 0) is 11.3 Å². The fraction of sp³-hybridized carbons (Fsp3) is 0.464. The van der Waals surface area contributed by atoms with E-state index in [9.17, 15) is 14.0 Å². The van der Waals surface area contributed by atoms with Gasteiger partial charge in [-0.15, -0.1) is 0 Å². The number of anilines is 1. The molecule has 1 aromatic heterocycles. The average molecular weight is 510 g/mol. The number of aromatic nitrogens is 2. The highest BCUT2D eigenvalue weighted by Crippen LogP contribution is 2.27. The zero-order valence-electron chi connectivity index (χ0n) is 22.1. The Morgan fingerprint density at radius 1 is 1.14 bits per heavy atom. The molecule has 0 bridgehead atoms. The summed E-state index contributed by atoms with van der Waals surface area (Å²) in [6.45, 7) is 10.7. The summed E-state index contributed by atoms with van der Waals surface area (Å²) in [6.07, 6.45) is 2.19. The molecule has 0 spiro atoms. The van der Waals surface area contributed by atoms with Crippen LogP contribution in [0.4, 0.5) is 10.1 Å². The van der Waals surface area contributed by atoms with Gasteiger partial charge in [0, 0.05) is 36.9 Å². The number of nitrogens with one attached hydrogen (secondary N) is 1. The molecule has 0 unspecified atom stereocenters. The van der Waals surface area contributed by atoms with Crippen LogP contribution in [0.25, 0.3) is 22.3 Å². The summed E-state index contributed by atoms with van der Waals surface area (Å²) >= 11 is 0. The summed E-state index contributed by atoms with van der Waals surface area (Å²) in [5, 5.41) is 3.28. The average Bonchev–Trinajstić information content (AvgIpc) is 3.11. The van der Waals surface area contributed by atoms with E-state index < -0.39 is 5.82 Å². The lowest BCUT2D eigenvalue weighted by molar-refractivity contribution is -0.122. The molecule has 1 aliphatic heterocycles. The summed E-state index contributed by atoms with van der Waals surface area (Å²) in [5.74, 6) is -0.488. The quantitative estimate of drug-likeness (QED) is 0.499. The van der Waals surface area contributed by atoms with Crippen molar-refractivity contribution < 1.29 is 13.9 Å². The number of carbonyl (C=O) groups excluding carboxylic acids is 1. The van der Waals surface area contributed by atoms with E-state index in [1.165, 1.54) is 29.9 Å². The Labute approximate surface area is 217 Å². The third-order valence-corrected chi connectivity index (χ3v) is 6.59. The van der Waals surface area contributed by atoms with E-state index in [0.29, 0.717) is 16.5 Å². The Balaban J connectivity index is 1.78. The predicted octanol–water partition coefficient (Wildman–Crippen LogP) is 3.66. The molecule has 0 atom stereocenters. The molecule has 1 aliphatic rings. The molecule has 4 rings (SSSR count). The van der Waals surface area contributed by atoms with E-state index in [2.05, 4.69) is 22.0 Å². The Morgan fingerprint density at radius 3 is 2.68 bits per heavy atom. The van der Waals surface area contributed by atoms with Crippen molar-refractivity contribution in [3.63, 3.8) is 0 Å². The zero-order chi connectivity index (χ0) is 26.5. The lowest BCUT2D eigenvalue weighted by Crippen LogP contribution is -2.37. The predicted molar refractivity (Wildman–Crippen MR) is 145 cm³/mol. The largest absolute Gasteiger partial charge is 0.494 e. The van der Waals surface area contributed by atoms with Crippen molar-refractivity contribution in [3.8, 4) is 17.1 Å². The van der Waals surface area contributed by atoms with Crippen LogP contribution in [0.5, 0.6) is 5.75 Å². The summed E-state index contributed by atoms with van der Waals surface area (Å²) in [5.41, 5.74) is 1.67. The van der Waals surface area contributed by atoms with Crippen LogP contribution in [0, 0.1) is 5.82 Å². The minimum Gasteiger partial charge on any atom is -0.494 e. The van der Waals surface area contributed by atoms with E-state index >= 15 is 0 Å². The summed E-state index contributed by atoms with van der Waals surface area (Å²) in [7, 11) is 1.38. The highest BCUT2D eigenvalue weighted by Gasteiger charge is 2.20. The standard InChI is InChI=1S/C28H36FN5O3/c1-5-11-32-12-6-13-33(15-14-32)21-8-10-24-22(17-21)28(36)34(18-26(35)30-19(2)3)27(31-24)20-7-9-23(29)25(16-20)37-4/h7-10,16-17,19H,5-6,11-15,18H2,1-4H3,(H,30,35). The number of halogens is 1. The summed E-state index contributed by atoms with van der Waals surface area (Å²) < 4.78 is 20.6. The summed E-state index contributed by atoms with van der Waals surface area (Å²) in [6, 6.07) is 9.95. The van der Waals surface area contributed by atoms with Crippen molar-refractivity contribution in [2.75, 3.05) is 44.7 Å². The number of hydrogen-bond acceptors (Lipinski definition) is 6. The smallest absolute Gasteiger partial charge is 0.262 e. The normalized spacial score (nSPS) is 14.7. The maximum Gasteiger partial charge on any atom is 0.262 e. The number of hydrogen-bond donors (Lipinski definition) is 1. The Hall–Kier alpha value is -3.46. The molecule has 1 fully saturated rings. The van der Waals surface area contributed by atoms with Gasteiger partial charge in [-0.2, -0.15) is 0 Å². The molecule has 0 saturated carbocycles. The molecule has 9 heteroatoms. The second kappa shape index (κ2) is 11.7. The fourth-order valence-corrected chi connectivity index (χ4v) is 4.85. The molecule has 0 aliphatic carbocycles. The molecule has 198 valence electrons. The van der Waals surface area contributed by atoms with Gasteiger partial charge in [-0.1, -0.05) is 6.92 Å². The zero-order valence-corrected chi connectivity index (χ0v) is 22.1. The number of nitrogens with zero attached hydrogens (tertiary/aromatic N) is 4. The van der Waals surface area contributed by atoms with Crippen molar-refractivity contribution in [3.05, 3.63) is 52.6 Å². The van der Waals surface area contributed by atoms with Crippen molar-refractivity contribution in [1.29, 1.82) is 0 Å². The molecule has 1 amide bonds. The Morgan fingerprint density at radius 2 is 1.95 bits per heavy atom. The molecule has 3 aromatic rings. The van der Waals surface area contributed by atoms with Gasteiger partial charge in [0.1, 0.15) is 12.4 Å². The minimum absolute atomic E-state index is 0.0404. The van der Waals surface area contributed by atoms with Crippen molar-refractivity contribution in [2.45, 2.75) is 46.2 Å². The van der Waals surface area contributed by atoms with Gasteiger partial charge in [-0.3, -0.25) is 14.2 Å². The number of ether oxygens (including phenoxy) is 1. The van der Waals surface area contributed by atoms with Gasteiger partial charge in [0.2, 0.25) is 5.91 Å². The molecule has 1 saturated heterocycles. The van der Waals surface area contributed by atoms with Crippen LogP contribution in [0.2, 0.25) is 0 Å². The maximum absolute atomic E-state index is 14.1. The van der Waals surface area contributed by atoms with Gasteiger partial charge in [0.15, 0.2) is 11.6 Å². The van der Waals surface area contributed by atoms with Crippen molar-refractivity contribution >= 4 is 22.5 Å². The Bertz CT molecular complexity index is 1320. The van der Waals surface area contributed by atoms with Crippen LogP contribution >= 0.6 is 0 Å². The van der Waals surface area contributed by atoms with Crippen molar-refractivity contribution in [1.82, 2.24) is 19.8 Å². The van der Waals surface area contributed by atoms with Crippen LogP contribution in [0.15, 0.2) is 41.2 Å². The lowest BCUT2D eigenvalue weighted by Gasteiger charge is -2.24. The second-order valence-electron chi connectivity index (χ2n) is 9.78. The van der Waals surface area contributed by atoms with Gasteiger partial charge in [0.05, 0.1) is 18.0 Å². The van der Waals surface area contributed by atoms with Gasteiger partial charge < -0.3 is 19.9 Å². The number of rotatable bonds is 8. The monoisotopic (exact) mass is 509 g/mol. The second-order valence-corrected chi connectivity index (χ2v) is 9.78. The highest BCUT2D eigenvalue weighted by molar-refractivity contribution is 5.84. The molecular formula is C28H36FN5O3. The van der Waals surface area contributed by atoms with Crippen LogP contribution in [-0.4, -0.2) is 66.2 Å². The van der Waals surface area contributed by atoms with E-state index in [1.54, 1.807) is 0 Å². The molecule has 2 heterocycles. The van der Waals surface area contributed by atoms with Crippen molar-refractivity contribution in [2.24, 2.45) is 0 Å². The van der Waals surface area contributed by atoms with Gasteiger partial charge >= 0.3 is 0 Å². The van der Waals surface area contributed by atoms with Gasteiger partial charge in [0.25, 0.3) is 5.56 Å². The van der Waals surface area contributed by atoms with Crippen LogP contribution < -0.4 is 20.5 Å². The molecular weight excluding hydrogens is 473 g/mol. The lowest BCUT2D eigenvalue weighted by atomic mass is 10.1. The number of fused-ring (bicyclic) bond motifs is 1. The van der Waals surface area contributed by atoms with Crippen LogP contribution in [0.3, 0.4) is 0 Å². The molecule has 8 nitrogen and oxygen atoms in total. The van der Waals surface area contributed by atoms with E-state index in [1.807, 2.05) is 32.0 Å². The first kappa shape index (κ1) is 26.6. The number of methoxy groups -OCH3 is 1. The maximum atomic E-state index is 14.1. The first-order valence-electron chi connectivity index (χ1n) is 13.0. The molecule has 1 N–H and O–H groups in total. The molecule has 37 heavy (non-hydrogen) atoms. The topological polar surface area (TPSA) is 79.7 Å². The minimum atomic E-state index is -0.516. The molecule has 0 radical (unpaired) electrons. The molecule has 2 aromatic carbocycles. The van der Waals surface area contributed by atoms with E-state index in [0.717, 1.165) is 51.3 Å². The number of amides is 1. The van der Waals surface area contributed by atoms with Crippen LogP contribution in [0.1, 0.15) is 33.6 Å². The summed E-state index contributed by atoms with van der Waals surface area (Å²) in [4.78, 5) is 36.1. The SMILES string of the molecule is CCCN1CCCN(c2ccc3nc(-c4ccc(F)c(OC)c4)n(CC(=O)NC(C)C)c(=O)c3c2)CC1. The number of benzene rings is 2. The van der Waals surface area contributed by atoms with E-state index in [4.69, 9.17) is 9.72 Å². The van der Waals surface area contributed by atoms with Gasteiger partial charge in [-0.25, -0.2) is 9.37 Å². The van der Waals surface area contributed by atoms with Gasteiger partial charge in [-0.05, 0) is 76.2 Å². The third kappa shape index (κ3) is 6.10. The fourth-order valence-electron chi connectivity index (χ4n) is 4.85. The third-order valence-electron chi connectivity index (χ3n) is 6.59. The van der Waals surface area contributed by atoms with E-state index in [-0.39, 0.29) is 35.6 Å². The first-order valence-corrected chi connectivity index (χ1v) is 13.0.